The largest absolute Gasteiger partial charge is 0.465 e. The van der Waals surface area contributed by atoms with E-state index in [9.17, 15) is 4.79 Å². The molecule has 0 amide bonds. The fourth-order valence-electron chi connectivity index (χ4n) is 0.952. The molecule has 0 saturated heterocycles. The molecule has 6 heteroatoms. The molecule has 0 saturated carbocycles. The van der Waals surface area contributed by atoms with Gasteiger partial charge in [-0.15, -0.1) is 0 Å². The first kappa shape index (κ1) is 12.2. The molecule has 1 aromatic rings. The average Bonchev–Trinajstić information content (AvgIpc) is 2.21. The fraction of sp³-hybridized carbons (Fsp3) is 0.333. The number of pyridine rings is 1. The van der Waals surface area contributed by atoms with Gasteiger partial charge in [0, 0.05) is 6.20 Å². The Morgan fingerprint density at radius 3 is 2.80 bits per heavy atom. The van der Waals surface area contributed by atoms with Gasteiger partial charge in [-0.2, -0.15) is 0 Å². The van der Waals surface area contributed by atoms with Gasteiger partial charge in [-0.25, -0.2) is 4.79 Å². The molecular weight excluding hydrogens is 239 g/mol. The normalized spacial score (nSPS) is 12.3. The highest BCUT2D eigenvalue weighted by atomic mass is 35.5. The second-order valence-electron chi connectivity index (χ2n) is 2.75. The van der Waals surface area contributed by atoms with Crippen molar-refractivity contribution in [2.45, 2.75) is 13.0 Å². The Labute approximate surface area is 97.3 Å². The van der Waals surface area contributed by atoms with Gasteiger partial charge in [-0.1, -0.05) is 23.2 Å². The van der Waals surface area contributed by atoms with Crippen molar-refractivity contribution in [3.8, 4) is 0 Å². The van der Waals surface area contributed by atoms with Gasteiger partial charge < -0.3 is 10.5 Å². The number of hydrogen-bond acceptors (Lipinski definition) is 4. The van der Waals surface area contributed by atoms with Gasteiger partial charge in [0.1, 0.15) is 6.04 Å². The van der Waals surface area contributed by atoms with Crippen LogP contribution in [0.4, 0.5) is 0 Å². The molecule has 0 aliphatic carbocycles. The standard InChI is InChI=1S/C9H10Cl2N2O2/c1-2-15-9(14)8(12)7-3-5(10)6(11)4-13-7/h3-4,8H,2,12H2,1H3. The van der Waals surface area contributed by atoms with Gasteiger partial charge in [0.2, 0.25) is 0 Å². The van der Waals surface area contributed by atoms with E-state index in [0.717, 1.165) is 0 Å². The van der Waals surface area contributed by atoms with Crippen molar-refractivity contribution >= 4 is 29.2 Å². The van der Waals surface area contributed by atoms with Crippen LogP contribution in [0.2, 0.25) is 10.0 Å². The minimum Gasteiger partial charge on any atom is -0.465 e. The molecule has 4 nitrogen and oxygen atoms in total. The molecule has 1 atom stereocenters. The maximum absolute atomic E-state index is 11.3. The van der Waals surface area contributed by atoms with Crippen LogP contribution in [0, 0.1) is 0 Å². The van der Waals surface area contributed by atoms with Crippen molar-refractivity contribution in [2.75, 3.05) is 6.61 Å². The minimum atomic E-state index is -0.931. The Kier molecular flexibility index (Phi) is 4.32. The molecule has 15 heavy (non-hydrogen) atoms. The quantitative estimate of drug-likeness (QED) is 0.831. The average molecular weight is 249 g/mol. The molecule has 1 rings (SSSR count). The van der Waals surface area contributed by atoms with Crippen molar-refractivity contribution in [1.82, 2.24) is 4.98 Å². The Hall–Kier alpha value is -0.840. The fourth-order valence-corrected chi connectivity index (χ4v) is 1.22. The summed E-state index contributed by atoms with van der Waals surface area (Å²) in [5.74, 6) is -0.539. The summed E-state index contributed by atoms with van der Waals surface area (Å²) in [6.07, 6.45) is 1.35. The summed E-state index contributed by atoms with van der Waals surface area (Å²) in [5, 5.41) is 0.623. The van der Waals surface area contributed by atoms with Crippen molar-refractivity contribution < 1.29 is 9.53 Å². The van der Waals surface area contributed by atoms with Gasteiger partial charge in [0.25, 0.3) is 0 Å². The molecule has 2 N–H and O–H groups in total. The Morgan fingerprint density at radius 2 is 2.27 bits per heavy atom. The van der Waals surface area contributed by atoms with Crippen LogP contribution in [0.1, 0.15) is 18.7 Å². The van der Waals surface area contributed by atoms with Gasteiger partial charge in [-0.05, 0) is 13.0 Å². The number of halogens is 2. The Balaban J connectivity index is 2.86. The third kappa shape index (κ3) is 3.06. The maximum atomic E-state index is 11.3. The van der Waals surface area contributed by atoms with E-state index < -0.39 is 12.0 Å². The zero-order valence-corrected chi connectivity index (χ0v) is 9.55. The van der Waals surface area contributed by atoms with Crippen LogP contribution in [-0.4, -0.2) is 17.6 Å². The first-order valence-electron chi connectivity index (χ1n) is 4.29. The Bertz CT molecular complexity index is 371. The SMILES string of the molecule is CCOC(=O)C(N)c1cc(Cl)c(Cl)cn1. The highest BCUT2D eigenvalue weighted by Gasteiger charge is 2.19. The number of nitrogens with two attached hydrogens (primary N) is 1. The number of nitrogens with zero attached hydrogens (tertiary/aromatic N) is 1. The third-order valence-corrected chi connectivity index (χ3v) is 2.40. The highest BCUT2D eigenvalue weighted by Crippen LogP contribution is 2.23. The van der Waals surface area contributed by atoms with E-state index in [4.69, 9.17) is 33.7 Å². The first-order chi connectivity index (χ1) is 7.06. The summed E-state index contributed by atoms with van der Waals surface area (Å²) in [7, 11) is 0. The van der Waals surface area contributed by atoms with Gasteiger partial charge in [-0.3, -0.25) is 4.98 Å². The van der Waals surface area contributed by atoms with Crippen LogP contribution >= 0.6 is 23.2 Å². The van der Waals surface area contributed by atoms with E-state index in [1.807, 2.05) is 0 Å². The summed E-state index contributed by atoms with van der Waals surface area (Å²) in [5.41, 5.74) is 5.94. The third-order valence-electron chi connectivity index (χ3n) is 1.69. The molecular formula is C9H10Cl2N2O2. The van der Waals surface area contributed by atoms with Crippen LogP contribution in [0.15, 0.2) is 12.3 Å². The molecule has 0 radical (unpaired) electrons. The van der Waals surface area contributed by atoms with Crippen LogP contribution < -0.4 is 5.73 Å². The van der Waals surface area contributed by atoms with E-state index in [2.05, 4.69) is 4.98 Å². The molecule has 82 valence electrons. The number of hydrogen-bond donors (Lipinski definition) is 1. The minimum absolute atomic E-state index is 0.272. The second kappa shape index (κ2) is 5.30. The van der Waals surface area contributed by atoms with Crippen LogP contribution in [0.5, 0.6) is 0 Å². The number of carbonyl (C=O) groups excluding carboxylic acids is 1. The lowest BCUT2D eigenvalue weighted by Gasteiger charge is -2.10. The monoisotopic (exact) mass is 248 g/mol. The van der Waals surface area contributed by atoms with E-state index in [0.29, 0.717) is 15.7 Å². The number of rotatable bonds is 3. The molecule has 0 bridgehead atoms. The number of ether oxygens (including phenoxy) is 1. The van der Waals surface area contributed by atoms with E-state index in [1.54, 1.807) is 6.92 Å². The smallest absolute Gasteiger partial charge is 0.329 e. The molecule has 0 spiro atoms. The zero-order chi connectivity index (χ0) is 11.4. The van der Waals surface area contributed by atoms with Crippen LogP contribution in [0.3, 0.4) is 0 Å². The lowest BCUT2D eigenvalue weighted by Crippen LogP contribution is -2.24. The predicted octanol–water partition coefficient (Wildman–Crippen LogP) is 1.95. The van der Waals surface area contributed by atoms with E-state index in [1.165, 1.54) is 12.3 Å². The van der Waals surface area contributed by atoms with Crippen LogP contribution in [0.25, 0.3) is 0 Å². The summed E-state index contributed by atoms with van der Waals surface area (Å²) < 4.78 is 4.75. The summed E-state index contributed by atoms with van der Waals surface area (Å²) in [6, 6.07) is 0.519. The lowest BCUT2D eigenvalue weighted by atomic mass is 10.2. The number of carbonyl (C=O) groups is 1. The predicted molar refractivity (Wildman–Crippen MR) is 57.8 cm³/mol. The molecule has 0 aromatic carbocycles. The van der Waals surface area contributed by atoms with E-state index >= 15 is 0 Å². The first-order valence-corrected chi connectivity index (χ1v) is 5.05. The van der Waals surface area contributed by atoms with Crippen molar-refractivity contribution in [1.29, 1.82) is 0 Å². The van der Waals surface area contributed by atoms with Crippen LogP contribution in [-0.2, 0) is 9.53 Å². The molecule has 0 fully saturated rings. The van der Waals surface area contributed by atoms with Gasteiger partial charge in [0.15, 0.2) is 0 Å². The number of esters is 1. The molecule has 1 aromatic heterocycles. The maximum Gasteiger partial charge on any atom is 0.329 e. The molecule has 1 heterocycles. The van der Waals surface area contributed by atoms with Crippen molar-refractivity contribution in [3.05, 3.63) is 28.0 Å². The summed E-state index contributed by atoms with van der Waals surface area (Å²) in [6.45, 7) is 1.97. The summed E-state index contributed by atoms with van der Waals surface area (Å²) >= 11 is 11.4. The molecule has 0 aliphatic heterocycles. The number of aromatic nitrogens is 1. The zero-order valence-electron chi connectivity index (χ0n) is 8.04. The van der Waals surface area contributed by atoms with Crippen molar-refractivity contribution in [2.24, 2.45) is 5.73 Å². The lowest BCUT2D eigenvalue weighted by molar-refractivity contribution is -0.144. The summed E-state index contributed by atoms with van der Waals surface area (Å²) in [4.78, 5) is 15.2. The van der Waals surface area contributed by atoms with Gasteiger partial charge >= 0.3 is 5.97 Å². The highest BCUT2D eigenvalue weighted by molar-refractivity contribution is 6.41. The molecule has 1 unspecified atom stereocenters. The Morgan fingerprint density at radius 1 is 1.60 bits per heavy atom. The van der Waals surface area contributed by atoms with Crippen molar-refractivity contribution in [3.63, 3.8) is 0 Å². The topological polar surface area (TPSA) is 65.2 Å². The van der Waals surface area contributed by atoms with Gasteiger partial charge in [0.05, 0.1) is 22.3 Å². The second-order valence-corrected chi connectivity index (χ2v) is 3.57. The van der Waals surface area contributed by atoms with E-state index in [-0.39, 0.29) is 6.61 Å². The molecule has 0 aliphatic rings.